The fourth-order valence-corrected chi connectivity index (χ4v) is 6.42. The number of amides is 1. The lowest BCUT2D eigenvalue weighted by molar-refractivity contribution is -0.135. The van der Waals surface area contributed by atoms with E-state index in [9.17, 15) is 23.1 Å². The molecule has 0 saturated carbocycles. The number of nitrogen functional groups attached to an aromatic ring is 1. The Hall–Kier alpha value is -4.77. The summed E-state index contributed by atoms with van der Waals surface area (Å²) in [6, 6.07) is 20.2. The van der Waals surface area contributed by atoms with E-state index in [1.54, 1.807) is 71.6 Å². The highest BCUT2D eigenvalue weighted by atomic mass is 32.2. The van der Waals surface area contributed by atoms with Crippen LogP contribution in [0.25, 0.3) is 10.9 Å². The van der Waals surface area contributed by atoms with E-state index in [0.717, 1.165) is 21.0 Å². The third kappa shape index (κ3) is 5.36. The van der Waals surface area contributed by atoms with E-state index in [2.05, 4.69) is 4.98 Å². The Morgan fingerprint density at radius 2 is 1.77 bits per heavy atom. The van der Waals surface area contributed by atoms with Gasteiger partial charge in [-0.05, 0) is 47.4 Å². The molecule has 5 rings (SSSR count). The van der Waals surface area contributed by atoms with Gasteiger partial charge in [0, 0.05) is 30.2 Å². The molecule has 0 aliphatic carbocycles. The van der Waals surface area contributed by atoms with E-state index < -0.39 is 22.5 Å². The van der Waals surface area contributed by atoms with Crippen LogP contribution in [-0.4, -0.2) is 54.2 Å². The van der Waals surface area contributed by atoms with Crippen molar-refractivity contribution in [2.75, 3.05) is 17.4 Å². The fourth-order valence-electron chi connectivity index (χ4n) is 4.84. The summed E-state index contributed by atoms with van der Waals surface area (Å²) < 4.78 is 28.5. The number of hydrogen-bond acceptors (Lipinski definition) is 6. The average Bonchev–Trinajstić information content (AvgIpc) is 2.95. The fraction of sp³-hybridized carbons (Fsp3) is 0.172. The molecule has 1 amide bonds. The summed E-state index contributed by atoms with van der Waals surface area (Å²) in [5.74, 6) is -1.44. The van der Waals surface area contributed by atoms with E-state index in [1.165, 1.54) is 12.3 Å². The van der Waals surface area contributed by atoms with Gasteiger partial charge in [-0.3, -0.25) is 24.3 Å². The van der Waals surface area contributed by atoms with Crippen LogP contribution < -0.4 is 10.0 Å². The molecule has 11 heteroatoms. The zero-order valence-corrected chi connectivity index (χ0v) is 22.3. The van der Waals surface area contributed by atoms with Gasteiger partial charge in [0.05, 0.1) is 17.6 Å². The predicted molar refractivity (Wildman–Crippen MR) is 151 cm³/mol. The zero-order chi connectivity index (χ0) is 28.4. The van der Waals surface area contributed by atoms with Crippen molar-refractivity contribution in [2.24, 2.45) is 5.73 Å². The number of rotatable bonds is 8. The van der Waals surface area contributed by atoms with Crippen LogP contribution in [0.5, 0.6) is 0 Å². The number of pyridine rings is 1. The zero-order valence-electron chi connectivity index (χ0n) is 21.4. The Labute approximate surface area is 231 Å². The van der Waals surface area contributed by atoms with Crippen LogP contribution in [0.15, 0.2) is 83.9 Å². The van der Waals surface area contributed by atoms with Crippen molar-refractivity contribution < 1.29 is 23.1 Å². The predicted octanol–water partition coefficient (Wildman–Crippen LogP) is 2.93. The molecule has 40 heavy (non-hydrogen) atoms. The van der Waals surface area contributed by atoms with E-state index in [1.807, 2.05) is 0 Å². The minimum atomic E-state index is -4.30. The average molecular weight is 558 g/mol. The molecule has 204 valence electrons. The number of amidine groups is 1. The van der Waals surface area contributed by atoms with E-state index in [-0.39, 0.29) is 40.8 Å². The number of hydrogen-bond donors (Lipinski definition) is 3. The van der Waals surface area contributed by atoms with Gasteiger partial charge >= 0.3 is 5.97 Å². The number of aliphatic carboxylic acids is 1. The number of para-hydroxylation sites is 1. The molecule has 3 aromatic carbocycles. The number of carbonyl (C=O) groups is 2. The van der Waals surface area contributed by atoms with E-state index in [0.29, 0.717) is 23.9 Å². The first-order chi connectivity index (χ1) is 19.1. The molecule has 1 aromatic heterocycles. The SMILES string of the molecule is N=C(N)c1ccc(CC(=O)N2CCc3ccc(N(CC(=O)O)S(=O)(=O)c4cccc5cccnc45)cc3C2)cc1. The number of nitrogens with two attached hydrogens (primary N) is 1. The van der Waals surface area contributed by atoms with Crippen LogP contribution in [0.1, 0.15) is 22.3 Å². The molecule has 1 aliphatic heterocycles. The van der Waals surface area contributed by atoms with Gasteiger partial charge in [0.1, 0.15) is 17.3 Å². The number of sulfonamides is 1. The lowest BCUT2D eigenvalue weighted by Gasteiger charge is -2.31. The number of benzene rings is 3. The molecule has 4 N–H and O–H groups in total. The maximum absolute atomic E-state index is 13.8. The monoisotopic (exact) mass is 557 g/mol. The molecule has 2 heterocycles. The second kappa shape index (κ2) is 10.8. The summed E-state index contributed by atoms with van der Waals surface area (Å²) in [6.07, 6.45) is 2.25. The molecule has 0 fully saturated rings. The number of fused-ring (bicyclic) bond motifs is 2. The minimum absolute atomic E-state index is 0.0445. The highest BCUT2D eigenvalue weighted by molar-refractivity contribution is 7.93. The summed E-state index contributed by atoms with van der Waals surface area (Å²) in [4.78, 5) is 30.7. The lowest BCUT2D eigenvalue weighted by Crippen LogP contribution is -2.38. The topological polar surface area (TPSA) is 158 Å². The van der Waals surface area contributed by atoms with Crippen molar-refractivity contribution in [3.8, 4) is 0 Å². The number of nitrogens with zero attached hydrogens (tertiary/aromatic N) is 3. The number of carboxylic acids is 1. The Morgan fingerprint density at radius 3 is 2.50 bits per heavy atom. The third-order valence-electron chi connectivity index (χ3n) is 6.91. The molecule has 1 aliphatic rings. The molecule has 0 radical (unpaired) electrons. The highest BCUT2D eigenvalue weighted by Crippen LogP contribution is 2.31. The highest BCUT2D eigenvalue weighted by Gasteiger charge is 2.30. The van der Waals surface area contributed by atoms with Gasteiger partial charge in [0.2, 0.25) is 5.91 Å². The van der Waals surface area contributed by atoms with Crippen molar-refractivity contribution in [3.63, 3.8) is 0 Å². The first kappa shape index (κ1) is 26.8. The molecule has 0 spiro atoms. The van der Waals surface area contributed by atoms with Crippen molar-refractivity contribution >= 4 is 44.3 Å². The number of carbonyl (C=O) groups excluding carboxylic acids is 1. The maximum atomic E-state index is 13.8. The molecular weight excluding hydrogens is 530 g/mol. The number of carboxylic acid groups (broad SMARTS) is 1. The van der Waals surface area contributed by atoms with Gasteiger partial charge in [0.15, 0.2) is 0 Å². The number of anilines is 1. The van der Waals surface area contributed by atoms with Crippen molar-refractivity contribution in [3.05, 3.63) is 101 Å². The quantitative estimate of drug-likeness (QED) is 0.222. The van der Waals surface area contributed by atoms with Crippen molar-refractivity contribution in [1.82, 2.24) is 9.88 Å². The summed E-state index contributed by atoms with van der Waals surface area (Å²) in [7, 11) is -4.30. The smallest absolute Gasteiger partial charge is 0.324 e. The van der Waals surface area contributed by atoms with Gasteiger partial charge in [-0.2, -0.15) is 0 Å². The standard InChI is InChI=1S/C29H27N5O5S/c30-29(31)22-8-6-19(7-9-22)15-26(35)33-14-12-20-10-11-24(16-23(20)17-33)34(18-27(36)37)40(38,39)25-5-1-3-21-4-2-13-32-28(21)25/h1-11,13,16H,12,14-15,17-18H2,(H3,30,31)(H,36,37). The number of nitrogens with one attached hydrogen (secondary N) is 1. The van der Waals surface area contributed by atoms with Crippen LogP contribution >= 0.6 is 0 Å². The Balaban J connectivity index is 1.43. The molecule has 0 atom stereocenters. The second-order valence-electron chi connectivity index (χ2n) is 9.54. The first-order valence-electron chi connectivity index (χ1n) is 12.5. The molecule has 10 nitrogen and oxygen atoms in total. The van der Waals surface area contributed by atoms with Crippen LogP contribution in [0.3, 0.4) is 0 Å². The van der Waals surface area contributed by atoms with Gasteiger partial charge in [-0.25, -0.2) is 8.42 Å². The minimum Gasteiger partial charge on any atom is -0.480 e. The van der Waals surface area contributed by atoms with Gasteiger partial charge in [0.25, 0.3) is 10.0 Å². The lowest BCUT2D eigenvalue weighted by atomic mass is 9.98. The summed E-state index contributed by atoms with van der Waals surface area (Å²) in [5, 5.41) is 17.7. The summed E-state index contributed by atoms with van der Waals surface area (Å²) in [6.45, 7) is 0.00306. The van der Waals surface area contributed by atoms with Gasteiger partial charge in [-0.1, -0.05) is 48.5 Å². The van der Waals surface area contributed by atoms with E-state index >= 15 is 0 Å². The van der Waals surface area contributed by atoms with Crippen LogP contribution in [0.4, 0.5) is 5.69 Å². The van der Waals surface area contributed by atoms with Crippen molar-refractivity contribution in [1.29, 1.82) is 5.41 Å². The first-order valence-corrected chi connectivity index (χ1v) is 14.0. The number of aromatic nitrogens is 1. The normalized spacial score (nSPS) is 13.1. The molecule has 0 unspecified atom stereocenters. The van der Waals surface area contributed by atoms with E-state index in [4.69, 9.17) is 11.1 Å². The second-order valence-corrected chi connectivity index (χ2v) is 11.4. The van der Waals surface area contributed by atoms with Crippen LogP contribution in [0.2, 0.25) is 0 Å². The van der Waals surface area contributed by atoms with Crippen LogP contribution in [0, 0.1) is 5.41 Å². The Bertz CT molecular complexity index is 1730. The Morgan fingerprint density at radius 1 is 1.02 bits per heavy atom. The Kier molecular flexibility index (Phi) is 7.22. The van der Waals surface area contributed by atoms with Gasteiger partial charge < -0.3 is 15.7 Å². The third-order valence-corrected chi connectivity index (χ3v) is 8.71. The molecular formula is C29H27N5O5S. The molecule has 0 saturated heterocycles. The van der Waals surface area contributed by atoms with Crippen LogP contribution in [-0.2, 0) is 39.0 Å². The largest absolute Gasteiger partial charge is 0.480 e. The summed E-state index contributed by atoms with van der Waals surface area (Å²) >= 11 is 0. The summed E-state index contributed by atoms with van der Waals surface area (Å²) in [5.41, 5.74) is 9.05. The molecule has 0 bridgehead atoms. The molecule has 4 aromatic rings. The maximum Gasteiger partial charge on any atom is 0.324 e. The van der Waals surface area contributed by atoms with Gasteiger partial charge in [-0.15, -0.1) is 0 Å². The van der Waals surface area contributed by atoms with Crippen molar-refractivity contribution in [2.45, 2.75) is 24.3 Å².